The van der Waals surface area contributed by atoms with Gasteiger partial charge in [0.15, 0.2) is 0 Å². The average Bonchev–Trinajstić information content (AvgIpc) is 2.59. The predicted molar refractivity (Wildman–Crippen MR) is 96.7 cm³/mol. The van der Waals surface area contributed by atoms with Gasteiger partial charge in [0.05, 0.1) is 12.3 Å². The second-order valence-electron chi connectivity index (χ2n) is 5.81. The molecule has 0 atom stereocenters. The number of likely N-dealkylation sites (N-methyl/N-ethyl adjacent to an activating group) is 1. The molecule has 1 amide bonds. The Morgan fingerprint density at radius 3 is 2.46 bits per heavy atom. The Morgan fingerprint density at radius 1 is 1.29 bits per heavy atom. The van der Waals surface area contributed by atoms with Crippen LogP contribution in [-0.4, -0.2) is 64.8 Å². The highest BCUT2D eigenvalue weighted by Crippen LogP contribution is 2.22. The number of hydrogen-bond acceptors (Lipinski definition) is 4. The molecule has 1 aromatic carbocycles. The molecule has 0 saturated carbocycles. The first-order valence-corrected chi connectivity index (χ1v) is 9.48. The summed E-state index contributed by atoms with van der Waals surface area (Å²) >= 11 is 7.37. The maximum absolute atomic E-state index is 12.3. The summed E-state index contributed by atoms with van der Waals surface area (Å²) in [5, 5.41) is 9.65. The van der Waals surface area contributed by atoms with Gasteiger partial charge >= 0.3 is 5.97 Å². The lowest BCUT2D eigenvalue weighted by atomic mass is 10.0. The Kier molecular flexibility index (Phi) is 7.40. The molecular formula is C17H23ClN2O3S. The van der Waals surface area contributed by atoms with E-state index in [1.165, 1.54) is 11.8 Å². The number of halogens is 1. The van der Waals surface area contributed by atoms with E-state index in [0.29, 0.717) is 23.9 Å². The number of hydrogen-bond donors (Lipinski definition) is 1. The van der Waals surface area contributed by atoms with Crippen LogP contribution in [0.1, 0.15) is 19.8 Å². The van der Waals surface area contributed by atoms with Crippen LogP contribution in [-0.2, 0) is 9.59 Å². The molecule has 132 valence electrons. The second-order valence-corrected chi connectivity index (χ2v) is 7.30. The molecule has 1 saturated heterocycles. The number of carbonyl (C=O) groups excluding carboxylic acids is 1. The lowest BCUT2D eigenvalue weighted by molar-refractivity contribution is -0.140. The molecule has 1 aliphatic heterocycles. The molecule has 0 unspecified atom stereocenters. The van der Waals surface area contributed by atoms with Crippen LogP contribution in [0.15, 0.2) is 29.2 Å². The molecule has 0 aromatic heterocycles. The number of rotatable bonds is 7. The lowest BCUT2D eigenvalue weighted by Gasteiger charge is -2.37. The van der Waals surface area contributed by atoms with Crippen molar-refractivity contribution >= 4 is 35.2 Å². The van der Waals surface area contributed by atoms with Crippen molar-refractivity contribution in [2.45, 2.75) is 30.7 Å². The lowest BCUT2D eigenvalue weighted by Crippen LogP contribution is -2.48. The van der Waals surface area contributed by atoms with Gasteiger partial charge in [-0.25, -0.2) is 0 Å². The summed E-state index contributed by atoms with van der Waals surface area (Å²) in [7, 11) is 0. The van der Waals surface area contributed by atoms with E-state index in [2.05, 4.69) is 0 Å². The van der Waals surface area contributed by atoms with E-state index in [1.54, 1.807) is 0 Å². The predicted octanol–water partition coefficient (Wildman–Crippen LogP) is 2.83. The van der Waals surface area contributed by atoms with Crippen molar-refractivity contribution in [1.29, 1.82) is 0 Å². The smallest absolute Gasteiger partial charge is 0.317 e. The van der Waals surface area contributed by atoms with Gasteiger partial charge in [-0.1, -0.05) is 18.5 Å². The Balaban J connectivity index is 1.77. The second kappa shape index (κ2) is 9.30. The van der Waals surface area contributed by atoms with Gasteiger partial charge in [0.2, 0.25) is 5.91 Å². The number of piperidine rings is 1. The Bertz CT molecular complexity index is 559. The minimum atomic E-state index is -0.797. The zero-order valence-corrected chi connectivity index (χ0v) is 15.4. The van der Waals surface area contributed by atoms with Crippen molar-refractivity contribution in [3.8, 4) is 0 Å². The number of aliphatic carboxylic acids is 1. The van der Waals surface area contributed by atoms with Crippen molar-refractivity contribution in [3.05, 3.63) is 29.3 Å². The van der Waals surface area contributed by atoms with Gasteiger partial charge in [-0.15, -0.1) is 11.8 Å². The van der Waals surface area contributed by atoms with Crippen LogP contribution in [0.2, 0.25) is 5.02 Å². The molecule has 24 heavy (non-hydrogen) atoms. The van der Waals surface area contributed by atoms with Crippen molar-refractivity contribution in [2.75, 3.05) is 31.9 Å². The van der Waals surface area contributed by atoms with Crippen LogP contribution < -0.4 is 0 Å². The Hall–Kier alpha value is -1.24. The molecule has 0 aliphatic carbocycles. The number of nitrogens with zero attached hydrogens (tertiary/aromatic N) is 2. The van der Waals surface area contributed by atoms with Gasteiger partial charge in [0.1, 0.15) is 0 Å². The van der Waals surface area contributed by atoms with E-state index in [0.717, 1.165) is 24.3 Å². The summed E-state index contributed by atoms with van der Waals surface area (Å²) < 4.78 is 0. The van der Waals surface area contributed by atoms with E-state index in [1.807, 2.05) is 41.0 Å². The van der Waals surface area contributed by atoms with Gasteiger partial charge in [-0.05, 0) is 43.7 Å². The highest BCUT2D eigenvalue weighted by atomic mass is 35.5. The van der Waals surface area contributed by atoms with E-state index < -0.39 is 5.97 Å². The van der Waals surface area contributed by atoms with Gasteiger partial charge in [-0.2, -0.15) is 0 Å². The summed E-state index contributed by atoms with van der Waals surface area (Å²) in [6.45, 7) is 4.16. The number of likely N-dealkylation sites (tertiary alicyclic amines) is 1. The van der Waals surface area contributed by atoms with E-state index in [4.69, 9.17) is 16.7 Å². The molecule has 1 aromatic rings. The minimum absolute atomic E-state index is 0.0710. The van der Waals surface area contributed by atoms with Crippen LogP contribution >= 0.6 is 23.4 Å². The minimum Gasteiger partial charge on any atom is -0.480 e. The summed E-state index contributed by atoms with van der Waals surface area (Å²) in [6, 6.07) is 7.72. The monoisotopic (exact) mass is 370 g/mol. The third-order valence-electron chi connectivity index (χ3n) is 4.25. The molecule has 2 rings (SSSR count). The van der Waals surface area contributed by atoms with Crippen LogP contribution in [0.25, 0.3) is 0 Å². The molecule has 1 heterocycles. The fourth-order valence-electron chi connectivity index (χ4n) is 2.92. The van der Waals surface area contributed by atoms with Crippen molar-refractivity contribution in [1.82, 2.24) is 9.80 Å². The standard InChI is InChI=1S/C17H23ClN2O3S/c1-2-19(11-17(22)23)14-7-9-20(10-8-14)16(21)12-24-15-5-3-13(18)4-6-15/h3-6,14H,2,7-12H2,1H3,(H,22,23). The number of carbonyl (C=O) groups is 2. The van der Waals surface area contributed by atoms with E-state index >= 15 is 0 Å². The van der Waals surface area contributed by atoms with Gasteiger partial charge in [-0.3, -0.25) is 14.5 Å². The van der Waals surface area contributed by atoms with Gasteiger partial charge < -0.3 is 10.0 Å². The number of amides is 1. The van der Waals surface area contributed by atoms with Crippen molar-refractivity contribution in [2.24, 2.45) is 0 Å². The summed E-state index contributed by atoms with van der Waals surface area (Å²) in [6.07, 6.45) is 1.66. The van der Waals surface area contributed by atoms with Crippen LogP contribution in [0.3, 0.4) is 0 Å². The molecule has 1 fully saturated rings. The maximum atomic E-state index is 12.3. The molecular weight excluding hydrogens is 348 g/mol. The average molecular weight is 371 g/mol. The number of benzene rings is 1. The van der Waals surface area contributed by atoms with Crippen LogP contribution in [0.5, 0.6) is 0 Å². The molecule has 5 nitrogen and oxygen atoms in total. The first kappa shape index (κ1) is 19.1. The van der Waals surface area contributed by atoms with Crippen LogP contribution in [0.4, 0.5) is 0 Å². The number of carboxylic acid groups (broad SMARTS) is 1. The molecule has 0 spiro atoms. The van der Waals surface area contributed by atoms with Crippen molar-refractivity contribution in [3.63, 3.8) is 0 Å². The zero-order chi connectivity index (χ0) is 17.5. The Labute approximate surface area is 152 Å². The maximum Gasteiger partial charge on any atom is 0.317 e. The van der Waals surface area contributed by atoms with Gasteiger partial charge in [0, 0.05) is 29.0 Å². The zero-order valence-electron chi connectivity index (χ0n) is 13.8. The topological polar surface area (TPSA) is 60.9 Å². The first-order chi connectivity index (χ1) is 11.5. The fraction of sp³-hybridized carbons (Fsp3) is 0.529. The SMILES string of the molecule is CCN(CC(=O)O)C1CCN(C(=O)CSc2ccc(Cl)cc2)CC1. The first-order valence-electron chi connectivity index (χ1n) is 8.11. The highest BCUT2D eigenvalue weighted by molar-refractivity contribution is 8.00. The van der Waals surface area contributed by atoms with E-state index in [9.17, 15) is 9.59 Å². The van der Waals surface area contributed by atoms with E-state index in [-0.39, 0.29) is 18.5 Å². The Morgan fingerprint density at radius 2 is 1.92 bits per heavy atom. The summed E-state index contributed by atoms with van der Waals surface area (Å²) in [5.41, 5.74) is 0. The number of carboxylic acids is 1. The largest absolute Gasteiger partial charge is 0.480 e. The third-order valence-corrected chi connectivity index (χ3v) is 5.50. The quantitative estimate of drug-likeness (QED) is 0.748. The molecule has 1 N–H and O–H groups in total. The molecule has 7 heteroatoms. The molecule has 0 radical (unpaired) electrons. The number of thioether (sulfide) groups is 1. The third kappa shape index (κ3) is 5.69. The normalized spacial score (nSPS) is 15.7. The van der Waals surface area contributed by atoms with Crippen molar-refractivity contribution < 1.29 is 14.7 Å². The summed E-state index contributed by atoms with van der Waals surface area (Å²) in [4.78, 5) is 28.1. The molecule has 0 bridgehead atoms. The highest BCUT2D eigenvalue weighted by Gasteiger charge is 2.27. The molecule has 1 aliphatic rings. The van der Waals surface area contributed by atoms with Gasteiger partial charge in [0.25, 0.3) is 0 Å². The fourth-order valence-corrected chi connectivity index (χ4v) is 3.85. The summed E-state index contributed by atoms with van der Waals surface area (Å²) in [5.74, 6) is -0.247. The van der Waals surface area contributed by atoms with Crippen LogP contribution in [0, 0.1) is 0 Å².